The summed E-state index contributed by atoms with van der Waals surface area (Å²) in [4.78, 5) is 0.592. The van der Waals surface area contributed by atoms with Gasteiger partial charge in [-0.25, -0.2) is 8.42 Å². The number of hydrogen-bond donors (Lipinski definition) is 1. The highest BCUT2D eigenvalue weighted by molar-refractivity contribution is 7.91. The van der Waals surface area contributed by atoms with Crippen molar-refractivity contribution in [3.8, 4) is 11.5 Å². The maximum atomic E-state index is 12.9. The lowest BCUT2D eigenvalue weighted by Crippen LogP contribution is -2.30. The molecule has 0 aromatic heterocycles. The Kier molecular flexibility index (Phi) is 6.30. The fourth-order valence-electron chi connectivity index (χ4n) is 3.97. The first-order chi connectivity index (χ1) is 15.0. The smallest absolute Gasteiger partial charge is 0.206 e. The van der Waals surface area contributed by atoms with E-state index in [1.165, 1.54) is 5.56 Å². The molecule has 31 heavy (non-hydrogen) atoms. The van der Waals surface area contributed by atoms with E-state index in [1.54, 1.807) is 36.4 Å². The van der Waals surface area contributed by atoms with Crippen molar-refractivity contribution in [1.82, 2.24) is 5.32 Å². The van der Waals surface area contributed by atoms with Gasteiger partial charge in [0.15, 0.2) is 11.5 Å². The average molecular weight is 438 g/mol. The summed E-state index contributed by atoms with van der Waals surface area (Å²) < 4.78 is 37.4. The average Bonchev–Trinajstić information content (AvgIpc) is 2.80. The van der Waals surface area contributed by atoms with Crippen LogP contribution in [0.25, 0.3) is 0 Å². The number of rotatable bonds is 7. The summed E-state index contributed by atoms with van der Waals surface area (Å²) in [7, 11) is -3.53. The number of nitrogens with one attached hydrogen (secondary N) is 1. The van der Waals surface area contributed by atoms with Gasteiger partial charge in [-0.1, -0.05) is 30.3 Å². The second kappa shape index (κ2) is 9.12. The molecule has 0 fully saturated rings. The van der Waals surface area contributed by atoms with Crippen molar-refractivity contribution in [3.05, 3.63) is 83.4 Å². The van der Waals surface area contributed by atoms with Crippen LogP contribution in [0.1, 0.15) is 36.6 Å². The van der Waals surface area contributed by atoms with Gasteiger partial charge in [0.25, 0.3) is 0 Å². The molecule has 5 nitrogen and oxygen atoms in total. The zero-order valence-electron chi connectivity index (χ0n) is 17.8. The van der Waals surface area contributed by atoms with E-state index in [0.29, 0.717) is 23.0 Å². The van der Waals surface area contributed by atoms with Crippen molar-refractivity contribution in [3.63, 3.8) is 0 Å². The molecule has 1 aliphatic rings. The molecule has 0 saturated carbocycles. The molecule has 162 valence electrons. The molecule has 3 aromatic carbocycles. The molecule has 1 unspecified atom stereocenters. The van der Waals surface area contributed by atoms with Crippen molar-refractivity contribution in [1.29, 1.82) is 0 Å². The predicted molar refractivity (Wildman–Crippen MR) is 121 cm³/mol. The first-order valence-corrected chi connectivity index (χ1v) is 12.1. The number of hydrogen-bond acceptors (Lipinski definition) is 5. The lowest BCUT2D eigenvalue weighted by atomic mass is 9.89. The van der Waals surface area contributed by atoms with Gasteiger partial charge in [-0.3, -0.25) is 0 Å². The molecular formula is C25H27NO4S. The summed E-state index contributed by atoms with van der Waals surface area (Å²) in [5, 5.41) is 3.56. The summed E-state index contributed by atoms with van der Waals surface area (Å²) in [6.45, 7) is 5.89. The normalized spacial score (nSPS) is 15.9. The zero-order chi connectivity index (χ0) is 21.8. The van der Waals surface area contributed by atoms with Crippen LogP contribution in [0.5, 0.6) is 11.5 Å². The molecule has 0 amide bonds. The molecular weight excluding hydrogens is 410 g/mol. The zero-order valence-corrected chi connectivity index (χ0v) is 18.6. The van der Waals surface area contributed by atoms with E-state index in [2.05, 4.69) is 17.4 Å². The third-order valence-corrected chi connectivity index (χ3v) is 7.22. The second-order valence-corrected chi connectivity index (χ2v) is 9.34. The summed E-state index contributed by atoms with van der Waals surface area (Å²) in [5.41, 5.74) is 3.37. The lowest BCUT2D eigenvalue weighted by Gasteiger charge is -2.29. The third-order valence-electron chi connectivity index (χ3n) is 5.44. The van der Waals surface area contributed by atoms with E-state index in [0.717, 1.165) is 35.6 Å². The van der Waals surface area contributed by atoms with E-state index < -0.39 is 9.84 Å². The molecule has 1 atom stereocenters. The number of ether oxygens (including phenoxy) is 2. The van der Waals surface area contributed by atoms with Crippen molar-refractivity contribution >= 4 is 9.84 Å². The fourth-order valence-corrected chi connectivity index (χ4v) is 5.26. The van der Waals surface area contributed by atoms with Gasteiger partial charge >= 0.3 is 0 Å². The highest BCUT2D eigenvalue weighted by Crippen LogP contribution is 2.38. The Bertz CT molecular complexity index is 1140. The molecule has 3 aromatic rings. The van der Waals surface area contributed by atoms with Gasteiger partial charge in [0.1, 0.15) is 0 Å². The van der Waals surface area contributed by atoms with Gasteiger partial charge in [0.05, 0.1) is 29.0 Å². The molecule has 0 bridgehead atoms. The standard InChI is InChI=1S/C25H27NO4S/c1-3-29-23-16-19-14-15-26-25(22(19)17-24(23)30-4-2)18-10-12-21(13-11-18)31(27,28)20-8-6-5-7-9-20/h5-13,16-17,25-26H,3-4,14-15H2,1-2H3. The number of benzene rings is 3. The molecule has 1 heterocycles. The van der Waals surface area contributed by atoms with E-state index in [1.807, 2.05) is 32.0 Å². The van der Waals surface area contributed by atoms with Crippen LogP contribution in [-0.2, 0) is 16.3 Å². The predicted octanol–water partition coefficient (Wildman–Crippen LogP) is 4.55. The van der Waals surface area contributed by atoms with Crippen LogP contribution in [-0.4, -0.2) is 28.2 Å². The molecule has 4 rings (SSSR count). The second-order valence-electron chi connectivity index (χ2n) is 7.39. The SMILES string of the molecule is CCOc1cc2c(cc1OCC)C(c1ccc(S(=O)(=O)c3ccccc3)cc1)NCC2. The largest absolute Gasteiger partial charge is 0.490 e. The molecule has 6 heteroatoms. The van der Waals surface area contributed by atoms with Crippen LogP contribution in [0.2, 0.25) is 0 Å². The van der Waals surface area contributed by atoms with Gasteiger partial charge in [-0.15, -0.1) is 0 Å². The summed E-state index contributed by atoms with van der Waals surface area (Å²) >= 11 is 0. The summed E-state index contributed by atoms with van der Waals surface area (Å²) in [6, 6.07) is 19.7. The summed E-state index contributed by atoms with van der Waals surface area (Å²) in [6.07, 6.45) is 0.902. The van der Waals surface area contributed by atoms with E-state index in [9.17, 15) is 8.42 Å². The van der Waals surface area contributed by atoms with Crippen LogP contribution >= 0.6 is 0 Å². The Hall–Kier alpha value is -2.83. The van der Waals surface area contributed by atoms with Crippen LogP contribution in [0.4, 0.5) is 0 Å². The minimum atomic E-state index is -3.53. The van der Waals surface area contributed by atoms with E-state index in [-0.39, 0.29) is 6.04 Å². The van der Waals surface area contributed by atoms with Gasteiger partial charge in [-0.05, 0) is 73.4 Å². The Balaban J connectivity index is 1.68. The van der Waals surface area contributed by atoms with Crippen LogP contribution in [0.15, 0.2) is 76.5 Å². The van der Waals surface area contributed by atoms with Crippen LogP contribution in [0, 0.1) is 0 Å². The monoisotopic (exact) mass is 437 g/mol. The first-order valence-electron chi connectivity index (χ1n) is 10.6. The minimum absolute atomic E-state index is 0.0351. The van der Waals surface area contributed by atoms with Crippen molar-refractivity contribution in [2.24, 2.45) is 0 Å². The van der Waals surface area contributed by atoms with E-state index >= 15 is 0 Å². The van der Waals surface area contributed by atoms with Crippen molar-refractivity contribution in [2.45, 2.75) is 36.1 Å². The Labute approximate surface area is 183 Å². The minimum Gasteiger partial charge on any atom is -0.490 e. The van der Waals surface area contributed by atoms with Gasteiger partial charge in [-0.2, -0.15) is 0 Å². The summed E-state index contributed by atoms with van der Waals surface area (Å²) in [5.74, 6) is 1.51. The Morgan fingerprint density at radius 1 is 0.871 bits per heavy atom. The maximum absolute atomic E-state index is 12.9. The van der Waals surface area contributed by atoms with Gasteiger partial charge < -0.3 is 14.8 Å². The van der Waals surface area contributed by atoms with Crippen LogP contribution < -0.4 is 14.8 Å². The molecule has 0 aliphatic carbocycles. The van der Waals surface area contributed by atoms with Gasteiger partial charge in [0, 0.05) is 6.54 Å². The molecule has 1 N–H and O–H groups in total. The highest BCUT2D eigenvalue weighted by Gasteiger charge is 2.25. The molecule has 0 spiro atoms. The Morgan fingerprint density at radius 2 is 1.48 bits per heavy atom. The molecule has 1 aliphatic heterocycles. The maximum Gasteiger partial charge on any atom is 0.206 e. The number of fused-ring (bicyclic) bond motifs is 1. The van der Waals surface area contributed by atoms with Gasteiger partial charge in [0.2, 0.25) is 9.84 Å². The third kappa shape index (κ3) is 4.31. The van der Waals surface area contributed by atoms with Crippen molar-refractivity contribution in [2.75, 3.05) is 19.8 Å². The van der Waals surface area contributed by atoms with Crippen molar-refractivity contribution < 1.29 is 17.9 Å². The molecule has 0 radical (unpaired) electrons. The topological polar surface area (TPSA) is 64.6 Å². The number of sulfone groups is 1. The molecule has 0 saturated heterocycles. The Morgan fingerprint density at radius 3 is 2.13 bits per heavy atom. The fraction of sp³-hybridized carbons (Fsp3) is 0.280. The van der Waals surface area contributed by atoms with Crippen LogP contribution in [0.3, 0.4) is 0 Å². The first kappa shape index (κ1) is 21.4. The lowest BCUT2D eigenvalue weighted by molar-refractivity contribution is 0.286. The van der Waals surface area contributed by atoms with E-state index in [4.69, 9.17) is 9.47 Å². The highest BCUT2D eigenvalue weighted by atomic mass is 32.2. The quantitative estimate of drug-likeness (QED) is 0.587.